The molecule has 204 valence electrons. The third kappa shape index (κ3) is 3.83. The van der Waals surface area contributed by atoms with Crippen LogP contribution in [-0.4, -0.2) is 86.2 Å². The second-order valence-corrected chi connectivity index (χ2v) is 10.8. The van der Waals surface area contributed by atoms with Crippen molar-refractivity contribution in [3.05, 3.63) is 40.7 Å². The molecule has 5 rings (SSSR count). The highest BCUT2D eigenvalue weighted by atomic mass is 16.5. The first-order chi connectivity index (χ1) is 18.0. The Morgan fingerprint density at radius 2 is 1.87 bits per heavy atom. The van der Waals surface area contributed by atoms with Crippen LogP contribution in [0.1, 0.15) is 54.4 Å². The van der Waals surface area contributed by atoms with E-state index in [4.69, 9.17) is 10.5 Å². The van der Waals surface area contributed by atoms with Gasteiger partial charge in [-0.15, -0.1) is 0 Å². The number of nitrogens with two attached hydrogens (primary N) is 1. The topological polar surface area (TPSA) is 188 Å². The second-order valence-electron chi connectivity index (χ2n) is 10.8. The van der Waals surface area contributed by atoms with E-state index in [9.17, 15) is 39.6 Å². The first-order valence-corrected chi connectivity index (χ1v) is 12.9. The van der Waals surface area contributed by atoms with Crippen LogP contribution in [0.3, 0.4) is 0 Å². The summed E-state index contributed by atoms with van der Waals surface area (Å²) in [6.45, 7) is 3.91. The number of benzene rings is 1. The van der Waals surface area contributed by atoms with Crippen molar-refractivity contribution in [1.82, 2.24) is 4.90 Å². The molecule has 1 aliphatic heterocycles. The molecular weight excluding hydrogens is 496 g/mol. The third-order valence-corrected chi connectivity index (χ3v) is 8.76. The van der Waals surface area contributed by atoms with Crippen LogP contribution in [0.5, 0.6) is 5.75 Å². The number of fused-ring (bicyclic) bond motifs is 3. The Kier molecular flexibility index (Phi) is 6.57. The smallest absolute Gasteiger partial charge is 0.307 e. The monoisotopic (exact) mass is 528 g/mol. The van der Waals surface area contributed by atoms with Crippen molar-refractivity contribution in [2.24, 2.45) is 23.5 Å². The molecule has 11 nitrogen and oxygen atoms in total. The van der Waals surface area contributed by atoms with Gasteiger partial charge in [-0.2, -0.15) is 0 Å². The molecule has 1 aromatic carbocycles. The zero-order valence-corrected chi connectivity index (χ0v) is 21.0. The molecular formula is C27H32N2O9. The van der Waals surface area contributed by atoms with Gasteiger partial charge in [-0.1, -0.05) is 19.1 Å². The van der Waals surface area contributed by atoms with E-state index in [2.05, 4.69) is 4.90 Å². The quantitative estimate of drug-likeness (QED) is 0.263. The molecule has 0 aromatic heterocycles. The number of hydrogen-bond donors (Lipinski definition) is 5. The average Bonchev–Trinajstić information content (AvgIpc) is 3.38. The lowest BCUT2D eigenvalue weighted by Gasteiger charge is -2.53. The number of amides is 1. The van der Waals surface area contributed by atoms with E-state index in [1.54, 1.807) is 19.1 Å². The molecule has 0 spiro atoms. The molecule has 38 heavy (non-hydrogen) atoms. The molecule has 6 N–H and O–H groups in total. The number of rotatable bonds is 5. The number of hydrogen-bond acceptors (Lipinski definition) is 10. The van der Waals surface area contributed by atoms with Gasteiger partial charge in [0.1, 0.15) is 23.5 Å². The Morgan fingerprint density at radius 3 is 2.53 bits per heavy atom. The van der Waals surface area contributed by atoms with E-state index in [-0.39, 0.29) is 29.7 Å². The molecule has 1 amide bonds. The van der Waals surface area contributed by atoms with E-state index in [1.807, 2.05) is 0 Å². The van der Waals surface area contributed by atoms with Crippen molar-refractivity contribution in [3.63, 3.8) is 0 Å². The number of Topliss-reactive ketones (excluding diaryl/α,β-unsaturated/α-hetero) is 2. The number of phenols is 1. The largest absolute Gasteiger partial charge is 0.508 e. The summed E-state index contributed by atoms with van der Waals surface area (Å²) >= 11 is 0. The molecule has 3 aliphatic carbocycles. The van der Waals surface area contributed by atoms with Crippen LogP contribution < -0.4 is 5.73 Å². The van der Waals surface area contributed by atoms with Crippen LogP contribution in [0.2, 0.25) is 0 Å². The lowest BCUT2D eigenvalue weighted by atomic mass is 9.54. The van der Waals surface area contributed by atoms with Crippen LogP contribution >= 0.6 is 0 Å². The minimum Gasteiger partial charge on any atom is -0.508 e. The maximum absolute atomic E-state index is 13.7. The summed E-state index contributed by atoms with van der Waals surface area (Å²) in [6.07, 6.45) is -1.17. The average molecular weight is 529 g/mol. The molecule has 7 atom stereocenters. The third-order valence-electron chi connectivity index (χ3n) is 8.76. The van der Waals surface area contributed by atoms with Gasteiger partial charge in [0.2, 0.25) is 5.91 Å². The number of esters is 1. The van der Waals surface area contributed by atoms with Gasteiger partial charge in [0.25, 0.3) is 0 Å². The van der Waals surface area contributed by atoms with Crippen molar-refractivity contribution >= 4 is 23.4 Å². The fourth-order valence-electron chi connectivity index (χ4n) is 6.85. The molecule has 1 heterocycles. The normalized spacial score (nSPS) is 34.9. The van der Waals surface area contributed by atoms with Crippen LogP contribution in [0.25, 0.3) is 0 Å². The number of nitrogens with zero attached hydrogens (tertiary/aromatic N) is 1. The molecule has 4 aliphatic rings. The van der Waals surface area contributed by atoms with Gasteiger partial charge in [0, 0.05) is 24.0 Å². The fraction of sp³-hybridized carbons (Fsp3) is 0.556. The predicted molar refractivity (Wildman–Crippen MR) is 131 cm³/mol. The summed E-state index contributed by atoms with van der Waals surface area (Å²) in [5.41, 5.74) is 2.53. The zero-order valence-electron chi connectivity index (χ0n) is 21.0. The predicted octanol–water partition coefficient (Wildman–Crippen LogP) is 0.314. The lowest BCUT2D eigenvalue weighted by molar-refractivity contribution is -0.190. The van der Waals surface area contributed by atoms with E-state index in [0.29, 0.717) is 12.1 Å². The van der Waals surface area contributed by atoms with Crippen molar-refractivity contribution < 1.29 is 44.3 Å². The Bertz CT molecular complexity index is 1240. The van der Waals surface area contributed by atoms with Gasteiger partial charge in [-0.05, 0) is 49.9 Å². The van der Waals surface area contributed by atoms with Crippen LogP contribution in [-0.2, 0) is 19.1 Å². The minimum atomic E-state index is -2.80. The van der Waals surface area contributed by atoms with Crippen LogP contribution in [0.15, 0.2) is 29.5 Å². The van der Waals surface area contributed by atoms with Crippen molar-refractivity contribution in [2.45, 2.75) is 56.3 Å². The number of likely N-dealkylation sites (tertiary alicyclic amines) is 1. The number of ether oxygens (including phenoxy) is 1. The number of carbonyl (C=O) groups is 4. The maximum atomic E-state index is 13.7. The van der Waals surface area contributed by atoms with Gasteiger partial charge >= 0.3 is 5.97 Å². The standard InChI is InChI=1S/C27H32N2O9/c1-12-13-5-4-6-15(30)19(13)22(33)21-18(12)23(38-17(32)7-10-29-8-2-3-9-29)14-11-16(31)20(26(28)36)24(34)27(14,37)25(21)35/h4-6,12,14,16,18,20,23,30-31,35,37H,2-3,7-11H2,1H3,(H2,28,36)/t12-,14+,16?,18+,20?,23+,27+/m0/s1. The number of aliphatic hydroxyl groups excluding tert-OH is 2. The zero-order chi connectivity index (χ0) is 27.5. The number of ketones is 2. The Labute approximate surface area is 218 Å². The van der Waals surface area contributed by atoms with Crippen LogP contribution in [0.4, 0.5) is 0 Å². The minimum absolute atomic E-state index is 0.0273. The van der Waals surface area contributed by atoms with Crippen molar-refractivity contribution in [1.29, 1.82) is 0 Å². The first kappa shape index (κ1) is 26.3. The second kappa shape index (κ2) is 9.48. The van der Waals surface area contributed by atoms with E-state index >= 15 is 0 Å². The molecule has 2 fully saturated rings. The molecule has 1 saturated carbocycles. The highest BCUT2D eigenvalue weighted by molar-refractivity contribution is 6.15. The summed E-state index contributed by atoms with van der Waals surface area (Å²) in [7, 11) is 0. The number of primary amides is 1. The number of aliphatic hydroxyl groups is 3. The van der Waals surface area contributed by atoms with E-state index < -0.39 is 70.7 Å². The van der Waals surface area contributed by atoms with Gasteiger partial charge in [-0.3, -0.25) is 19.2 Å². The molecule has 11 heteroatoms. The summed E-state index contributed by atoms with van der Waals surface area (Å²) < 4.78 is 5.89. The fourth-order valence-corrected chi connectivity index (χ4v) is 6.85. The Hall–Kier alpha value is -3.28. The SMILES string of the molecule is C[C@H]1c2cccc(O)c2C(=O)C2=C(O)[C@]3(O)C(=O)C(C(N)=O)C(O)C[C@@H]3[C@@H](OC(=O)CCN3CCCC3)[C@@H]21. The molecule has 0 bridgehead atoms. The highest BCUT2D eigenvalue weighted by Crippen LogP contribution is 2.55. The van der Waals surface area contributed by atoms with Gasteiger partial charge in [0.15, 0.2) is 17.2 Å². The van der Waals surface area contributed by atoms with E-state index in [1.165, 1.54) is 6.07 Å². The van der Waals surface area contributed by atoms with E-state index in [0.717, 1.165) is 25.9 Å². The molecule has 0 radical (unpaired) electrons. The Morgan fingerprint density at radius 1 is 1.18 bits per heavy atom. The summed E-state index contributed by atoms with van der Waals surface area (Å²) in [5, 5.41) is 44.2. The summed E-state index contributed by atoms with van der Waals surface area (Å²) in [4.78, 5) is 54.3. The van der Waals surface area contributed by atoms with Crippen molar-refractivity contribution in [3.8, 4) is 5.75 Å². The molecule has 1 saturated heterocycles. The van der Waals surface area contributed by atoms with Crippen molar-refractivity contribution in [2.75, 3.05) is 19.6 Å². The maximum Gasteiger partial charge on any atom is 0.307 e. The number of aromatic hydroxyl groups is 1. The van der Waals surface area contributed by atoms with Gasteiger partial charge in [-0.25, -0.2) is 0 Å². The highest BCUT2D eigenvalue weighted by Gasteiger charge is 2.67. The summed E-state index contributed by atoms with van der Waals surface area (Å²) in [5.74, 6) is -9.96. The number of carbonyl (C=O) groups excluding carboxylic acids is 4. The summed E-state index contributed by atoms with van der Waals surface area (Å²) in [6, 6.07) is 4.51. The van der Waals surface area contributed by atoms with Crippen LogP contribution in [0, 0.1) is 17.8 Å². The van der Waals surface area contributed by atoms with Gasteiger partial charge in [0.05, 0.1) is 18.1 Å². The molecule has 1 aromatic rings. The molecule has 2 unspecified atom stereocenters. The van der Waals surface area contributed by atoms with Gasteiger partial charge < -0.3 is 35.8 Å². The number of phenolic OH excluding ortho intramolecular Hbond substituents is 1. The first-order valence-electron chi connectivity index (χ1n) is 12.9. The lowest BCUT2D eigenvalue weighted by Crippen LogP contribution is -2.67. The Balaban J connectivity index is 1.61.